The predicted molar refractivity (Wildman–Crippen MR) is 65.1 cm³/mol. The summed E-state index contributed by atoms with van der Waals surface area (Å²) < 4.78 is 5.73. The zero-order valence-corrected chi connectivity index (χ0v) is 10.6. The van der Waals surface area contributed by atoms with Crippen LogP contribution < -0.4 is 5.32 Å². The lowest BCUT2D eigenvalue weighted by atomic mass is 9.74. The van der Waals surface area contributed by atoms with E-state index in [9.17, 15) is 0 Å². The van der Waals surface area contributed by atoms with Crippen LogP contribution >= 0.6 is 0 Å². The van der Waals surface area contributed by atoms with Crippen LogP contribution in [0, 0.1) is 0 Å². The minimum Gasteiger partial charge on any atom is -0.376 e. The summed E-state index contributed by atoms with van der Waals surface area (Å²) in [5.41, 5.74) is 1.44. The van der Waals surface area contributed by atoms with E-state index < -0.39 is 0 Å². The van der Waals surface area contributed by atoms with Crippen molar-refractivity contribution in [3.8, 4) is 0 Å². The maximum Gasteiger partial charge on any atom is 0.0866 e. The number of ether oxygens (including phenoxy) is 1. The number of allylic oxidation sites excluding steroid dienone is 1. The maximum absolute atomic E-state index is 5.73. The first-order valence-corrected chi connectivity index (χ1v) is 6.08. The van der Waals surface area contributed by atoms with E-state index in [2.05, 4.69) is 32.2 Å². The third-order valence-electron chi connectivity index (χ3n) is 3.29. The number of rotatable bonds is 6. The van der Waals surface area contributed by atoms with Crippen LogP contribution in [0.25, 0.3) is 0 Å². The second-order valence-electron chi connectivity index (χ2n) is 4.80. The van der Waals surface area contributed by atoms with Crippen LogP contribution in [-0.4, -0.2) is 25.3 Å². The van der Waals surface area contributed by atoms with Crippen molar-refractivity contribution in [1.29, 1.82) is 0 Å². The molecule has 0 aliphatic heterocycles. The largest absolute Gasteiger partial charge is 0.376 e. The molecule has 0 aromatic heterocycles. The summed E-state index contributed by atoms with van der Waals surface area (Å²) in [7, 11) is 1.85. The Balaban J connectivity index is 2.65. The lowest BCUT2D eigenvalue weighted by Gasteiger charge is -2.46. The molecule has 1 aliphatic carbocycles. The van der Waals surface area contributed by atoms with Gasteiger partial charge >= 0.3 is 0 Å². The molecule has 0 saturated heterocycles. The maximum atomic E-state index is 5.73. The molecule has 0 aromatic carbocycles. The monoisotopic (exact) mass is 211 g/mol. The molecule has 1 aliphatic rings. The van der Waals surface area contributed by atoms with E-state index in [4.69, 9.17) is 4.74 Å². The highest BCUT2D eigenvalue weighted by Gasteiger charge is 2.43. The van der Waals surface area contributed by atoms with Crippen LogP contribution in [-0.2, 0) is 4.74 Å². The van der Waals surface area contributed by atoms with E-state index in [1.165, 1.54) is 31.3 Å². The van der Waals surface area contributed by atoms with Crippen LogP contribution in [0.3, 0.4) is 0 Å². The normalized spacial score (nSPS) is 20.5. The summed E-state index contributed by atoms with van der Waals surface area (Å²) in [4.78, 5) is 0. The van der Waals surface area contributed by atoms with Crippen LogP contribution in [0.5, 0.6) is 0 Å². The Bertz CT molecular complexity index is 209. The van der Waals surface area contributed by atoms with Crippen LogP contribution in [0.15, 0.2) is 11.6 Å². The molecule has 1 rings (SSSR count). The molecule has 1 unspecified atom stereocenters. The van der Waals surface area contributed by atoms with Crippen molar-refractivity contribution in [3.63, 3.8) is 0 Å². The molecule has 0 radical (unpaired) electrons. The molecule has 0 aromatic rings. The van der Waals surface area contributed by atoms with Crippen molar-refractivity contribution in [2.24, 2.45) is 0 Å². The highest BCUT2D eigenvalue weighted by Crippen LogP contribution is 2.38. The first-order chi connectivity index (χ1) is 7.14. The van der Waals surface area contributed by atoms with Crippen molar-refractivity contribution in [1.82, 2.24) is 5.32 Å². The molecule has 0 spiro atoms. The topological polar surface area (TPSA) is 21.3 Å². The Morgan fingerprint density at radius 1 is 1.47 bits per heavy atom. The van der Waals surface area contributed by atoms with E-state index in [0.29, 0.717) is 6.04 Å². The Kier molecular flexibility index (Phi) is 4.81. The van der Waals surface area contributed by atoms with Gasteiger partial charge in [0.2, 0.25) is 0 Å². The number of nitrogens with one attached hydrogen (secondary N) is 1. The summed E-state index contributed by atoms with van der Waals surface area (Å²) in [5, 5.41) is 3.59. The first-order valence-electron chi connectivity index (χ1n) is 6.08. The Hall–Kier alpha value is -0.340. The van der Waals surface area contributed by atoms with Gasteiger partial charge in [-0.15, -0.1) is 0 Å². The van der Waals surface area contributed by atoms with Gasteiger partial charge in [-0.05, 0) is 46.1 Å². The van der Waals surface area contributed by atoms with Crippen molar-refractivity contribution < 1.29 is 4.74 Å². The van der Waals surface area contributed by atoms with E-state index in [-0.39, 0.29) is 5.60 Å². The zero-order chi connectivity index (χ0) is 11.3. The molecule has 1 fully saturated rings. The van der Waals surface area contributed by atoms with Crippen molar-refractivity contribution in [2.45, 2.75) is 58.1 Å². The molecule has 1 saturated carbocycles. The van der Waals surface area contributed by atoms with E-state index >= 15 is 0 Å². The number of hydrogen-bond acceptors (Lipinski definition) is 2. The standard InChI is InChI=1S/C13H25NO/c1-5-9-14-12(10-11(2)3)13(15-4)7-6-8-13/h10,12,14H,5-9H2,1-4H3. The number of hydrogen-bond donors (Lipinski definition) is 1. The van der Waals surface area contributed by atoms with Crippen LogP contribution in [0.2, 0.25) is 0 Å². The molecular formula is C13H25NO. The minimum atomic E-state index is 0.0758. The fraction of sp³-hybridized carbons (Fsp3) is 0.846. The molecule has 0 bridgehead atoms. The fourth-order valence-electron chi connectivity index (χ4n) is 2.20. The van der Waals surface area contributed by atoms with Crippen LogP contribution in [0.4, 0.5) is 0 Å². The molecule has 88 valence electrons. The Morgan fingerprint density at radius 3 is 2.47 bits per heavy atom. The van der Waals surface area contributed by atoms with Gasteiger partial charge in [-0.1, -0.05) is 18.6 Å². The fourth-order valence-corrected chi connectivity index (χ4v) is 2.20. The van der Waals surface area contributed by atoms with Gasteiger partial charge in [0, 0.05) is 7.11 Å². The molecule has 1 N–H and O–H groups in total. The Morgan fingerprint density at radius 2 is 2.13 bits per heavy atom. The predicted octanol–water partition coefficient (Wildman–Crippen LogP) is 2.89. The smallest absolute Gasteiger partial charge is 0.0866 e. The lowest BCUT2D eigenvalue weighted by Crippen LogP contribution is -2.55. The molecule has 0 heterocycles. The average molecular weight is 211 g/mol. The van der Waals surface area contributed by atoms with Gasteiger partial charge < -0.3 is 10.1 Å². The second-order valence-corrected chi connectivity index (χ2v) is 4.80. The molecule has 2 nitrogen and oxygen atoms in total. The average Bonchev–Trinajstić information content (AvgIpc) is 2.12. The van der Waals surface area contributed by atoms with Gasteiger partial charge in [-0.3, -0.25) is 0 Å². The van der Waals surface area contributed by atoms with Crippen molar-refractivity contribution in [2.75, 3.05) is 13.7 Å². The van der Waals surface area contributed by atoms with Crippen molar-refractivity contribution >= 4 is 0 Å². The summed E-state index contributed by atoms with van der Waals surface area (Å²) in [6.07, 6.45) is 7.17. The molecule has 15 heavy (non-hydrogen) atoms. The molecule has 1 atom stereocenters. The third-order valence-corrected chi connectivity index (χ3v) is 3.29. The SMILES string of the molecule is CCCNC(C=C(C)C)C1(OC)CCC1. The van der Waals surface area contributed by atoms with Crippen LogP contribution in [0.1, 0.15) is 46.5 Å². The lowest BCUT2D eigenvalue weighted by molar-refractivity contribution is -0.0874. The minimum absolute atomic E-state index is 0.0758. The first kappa shape index (κ1) is 12.7. The third kappa shape index (κ3) is 3.05. The molecule has 2 heteroatoms. The van der Waals surface area contributed by atoms with E-state index in [0.717, 1.165) is 6.54 Å². The highest BCUT2D eigenvalue weighted by atomic mass is 16.5. The van der Waals surface area contributed by atoms with Gasteiger partial charge in [0.15, 0.2) is 0 Å². The zero-order valence-electron chi connectivity index (χ0n) is 10.6. The van der Waals surface area contributed by atoms with E-state index in [1.807, 2.05) is 7.11 Å². The summed E-state index contributed by atoms with van der Waals surface area (Å²) >= 11 is 0. The Labute approximate surface area is 94.1 Å². The summed E-state index contributed by atoms with van der Waals surface area (Å²) in [6.45, 7) is 7.58. The van der Waals surface area contributed by atoms with Gasteiger partial charge in [-0.2, -0.15) is 0 Å². The second kappa shape index (κ2) is 5.66. The molecular weight excluding hydrogens is 186 g/mol. The van der Waals surface area contributed by atoms with Gasteiger partial charge in [-0.25, -0.2) is 0 Å². The summed E-state index contributed by atoms with van der Waals surface area (Å²) in [5.74, 6) is 0. The summed E-state index contributed by atoms with van der Waals surface area (Å²) in [6, 6.07) is 0.390. The van der Waals surface area contributed by atoms with Gasteiger partial charge in [0.05, 0.1) is 11.6 Å². The van der Waals surface area contributed by atoms with Crippen molar-refractivity contribution in [3.05, 3.63) is 11.6 Å². The van der Waals surface area contributed by atoms with Gasteiger partial charge in [0.25, 0.3) is 0 Å². The number of methoxy groups -OCH3 is 1. The quantitative estimate of drug-likeness (QED) is 0.682. The molecule has 0 amide bonds. The van der Waals surface area contributed by atoms with E-state index in [1.54, 1.807) is 0 Å². The van der Waals surface area contributed by atoms with Gasteiger partial charge in [0.1, 0.15) is 0 Å². The highest BCUT2D eigenvalue weighted by molar-refractivity contribution is 5.12.